The molecule has 4 rings (SSSR count). The van der Waals surface area contributed by atoms with Crippen LogP contribution < -0.4 is 0 Å². The van der Waals surface area contributed by atoms with Gasteiger partial charge in [-0.15, -0.1) is 0 Å². The van der Waals surface area contributed by atoms with Gasteiger partial charge in [-0.3, -0.25) is 9.59 Å². The van der Waals surface area contributed by atoms with E-state index in [-0.39, 0.29) is 11.8 Å². The molecule has 3 aromatic rings. The number of piperazine rings is 1. The standard InChI is InChI=1S/C22H24N4O2/c1-15-6-7-19-17(13-15)18(14-20(23-19)21-5-4-8-24(21)3)22(28)26-11-9-25(10-12-26)16(2)27/h4-8,13-14H,9-12H2,1-3H3. The van der Waals surface area contributed by atoms with Crippen molar-refractivity contribution in [2.24, 2.45) is 7.05 Å². The summed E-state index contributed by atoms with van der Waals surface area (Å²) in [5.74, 6) is 0.0553. The molecule has 0 atom stereocenters. The van der Waals surface area contributed by atoms with Gasteiger partial charge in [0.2, 0.25) is 5.91 Å². The third kappa shape index (κ3) is 3.26. The van der Waals surface area contributed by atoms with Crippen molar-refractivity contribution in [1.82, 2.24) is 19.4 Å². The molecule has 0 bridgehead atoms. The number of fused-ring (bicyclic) bond motifs is 1. The molecule has 3 heterocycles. The van der Waals surface area contributed by atoms with Crippen LogP contribution in [-0.4, -0.2) is 57.3 Å². The first-order valence-electron chi connectivity index (χ1n) is 9.52. The first kappa shape index (κ1) is 18.2. The highest BCUT2D eigenvalue weighted by molar-refractivity contribution is 6.07. The molecule has 6 heteroatoms. The number of amides is 2. The maximum Gasteiger partial charge on any atom is 0.254 e. The predicted molar refractivity (Wildman–Crippen MR) is 109 cm³/mol. The van der Waals surface area contributed by atoms with Gasteiger partial charge in [0, 0.05) is 51.7 Å². The maximum absolute atomic E-state index is 13.4. The van der Waals surface area contributed by atoms with Gasteiger partial charge in [0.1, 0.15) is 0 Å². The minimum absolute atomic E-state index is 0.00309. The van der Waals surface area contributed by atoms with Crippen molar-refractivity contribution < 1.29 is 9.59 Å². The van der Waals surface area contributed by atoms with Gasteiger partial charge < -0.3 is 14.4 Å². The molecule has 0 saturated carbocycles. The largest absolute Gasteiger partial charge is 0.349 e. The number of aromatic nitrogens is 2. The Labute approximate surface area is 164 Å². The Morgan fingerprint density at radius 3 is 2.36 bits per heavy atom. The van der Waals surface area contributed by atoms with Crippen LogP contribution in [0, 0.1) is 6.92 Å². The number of hydrogen-bond donors (Lipinski definition) is 0. The zero-order chi connectivity index (χ0) is 19.8. The van der Waals surface area contributed by atoms with Gasteiger partial charge in [0.25, 0.3) is 5.91 Å². The first-order valence-corrected chi connectivity index (χ1v) is 9.52. The van der Waals surface area contributed by atoms with Gasteiger partial charge in [-0.05, 0) is 37.3 Å². The molecule has 1 aromatic carbocycles. The molecule has 0 spiro atoms. The number of nitrogens with zero attached hydrogens (tertiary/aromatic N) is 4. The lowest BCUT2D eigenvalue weighted by atomic mass is 10.0. The smallest absolute Gasteiger partial charge is 0.254 e. The zero-order valence-electron chi connectivity index (χ0n) is 16.5. The highest BCUT2D eigenvalue weighted by Gasteiger charge is 2.25. The molecule has 0 aliphatic carbocycles. The van der Waals surface area contributed by atoms with Crippen molar-refractivity contribution in [2.75, 3.05) is 26.2 Å². The van der Waals surface area contributed by atoms with Crippen LogP contribution in [0.15, 0.2) is 42.6 Å². The lowest BCUT2D eigenvalue weighted by molar-refractivity contribution is -0.130. The molecule has 6 nitrogen and oxygen atoms in total. The molecule has 2 amide bonds. The van der Waals surface area contributed by atoms with E-state index >= 15 is 0 Å². The number of carbonyl (C=O) groups excluding carboxylic acids is 2. The van der Waals surface area contributed by atoms with Crippen molar-refractivity contribution in [2.45, 2.75) is 13.8 Å². The molecular formula is C22H24N4O2. The van der Waals surface area contributed by atoms with E-state index in [9.17, 15) is 9.59 Å². The molecule has 2 aromatic heterocycles. The fourth-order valence-corrected chi connectivity index (χ4v) is 3.77. The number of carbonyl (C=O) groups is 2. The summed E-state index contributed by atoms with van der Waals surface area (Å²) in [6.07, 6.45) is 1.97. The minimum Gasteiger partial charge on any atom is -0.349 e. The molecule has 1 saturated heterocycles. The summed E-state index contributed by atoms with van der Waals surface area (Å²) in [7, 11) is 1.97. The second-order valence-electron chi connectivity index (χ2n) is 7.38. The Bertz CT molecular complexity index is 1060. The summed E-state index contributed by atoms with van der Waals surface area (Å²) >= 11 is 0. The summed E-state index contributed by atoms with van der Waals surface area (Å²) in [6, 6.07) is 11.9. The average molecular weight is 376 g/mol. The topological polar surface area (TPSA) is 58.4 Å². The molecule has 0 N–H and O–H groups in total. The van der Waals surface area contributed by atoms with Crippen LogP contribution in [0.3, 0.4) is 0 Å². The summed E-state index contributed by atoms with van der Waals surface area (Å²) in [5.41, 5.74) is 4.33. The third-order valence-corrected chi connectivity index (χ3v) is 5.41. The second-order valence-corrected chi connectivity index (χ2v) is 7.38. The van der Waals surface area contributed by atoms with E-state index in [1.54, 1.807) is 11.8 Å². The monoisotopic (exact) mass is 376 g/mol. The third-order valence-electron chi connectivity index (χ3n) is 5.41. The molecule has 28 heavy (non-hydrogen) atoms. The Balaban J connectivity index is 1.76. The number of rotatable bonds is 2. The van der Waals surface area contributed by atoms with Crippen LogP contribution >= 0.6 is 0 Å². The summed E-state index contributed by atoms with van der Waals surface area (Å²) < 4.78 is 2.00. The van der Waals surface area contributed by atoms with E-state index in [1.165, 1.54) is 0 Å². The number of pyridine rings is 1. The maximum atomic E-state index is 13.4. The van der Waals surface area contributed by atoms with Crippen LogP contribution in [-0.2, 0) is 11.8 Å². The highest BCUT2D eigenvalue weighted by atomic mass is 16.2. The van der Waals surface area contributed by atoms with Crippen molar-refractivity contribution >= 4 is 22.7 Å². The van der Waals surface area contributed by atoms with Crippen LogP contribution in [0.4, 0.5) is 0 Å². The van der Waals surface area contributed by atoms with Gasteiger partial charge in [0.15, 0.2) is 0 Å². The SMILES string of the molecule is CC(=O)N1CCN(C(=O)c2cc(-c3cccn3C)nc3ccc(C)cc23)CC1. The molecular weight excluding hydrogens is 352 g/mol. The molecule has 0 unspecified atom stereocenters. The molecule has 1 aliphatic rings. The van der Waals surface area contributed by atoms with Crippen LogP contribution in [0.1, 0.15) is 22.8 Å². The van der Waals surface area contributed by atoms with Gasteiger partial charge in [-0.25, -0.2) is 4.98 Å². The van der Waals surface area contributed by atoms with E-state index < -0.39 is 0 Å². The van der Waals surface area contributed by atoms with Gasteiger partial charge in [-0.2, -0.15) is 0 Å². The summed E-state index contributed by atoms with van der Waals surface area (Å²) in [4.78, 5) is 33.4. The molecule has 1 aliphatic heterocycles. The lowest BCUT2D eigenvalue weighted by Crippen LogP contribution is -2.50. The van der Waals surface area contributed by atoms with E-state index in [1.807, 2.05) is 66.0 Å². The van der Waals surface area contributed by atoms with Crippen molar-refractivity contribution in [1.29, 1.82) is 0 Å². The molecule has 144 valence electrons. The Hall–Kier alpha value is -3.15. The van der Waals surface area contributed by atoms with Crippen LogP contribution in [0.25, 0.3) is 22.3 Å². The quantitative estimate of drug-likeness (QED) is 0.691. The fraction of sp³-hybridized carbons (Fsp3) is 0.318. The first-order chi connectivity index (χ1) is 13.4. The van der Waals surface area contributed by atoms with Crippen molar-refractivity contribution in [3.63, 3.8) is 0 Å². The van der Waals surface area contributed by atoms with Gasteiger partial charge in [0.05, 0.1) is 22.5 Å². The predicted octanol–water partition coefficient (Wildman–Crippen LogP) is 2.85. The Morgan fingerprint density at radius 2 is 1.71 bits per heavy atom. The van der Waals surface area contributed by atoms with E-state index in [4.69, 9.17) is 4.98 Å². The zero-order valence-corrected chi connectivity index (χ0v) is 16.5. The van der Waals surface area contributed by atoms with Crippen molar-refractivity contribution in [3.8, 4) is 11.4 Å². The Morgan fingerprint density at radius 1 is 1.00 bits per heavy atom. The van der Waals surface area contributed by atoms with Crippen LogP contribution in [0.5, 0.6) is 0 Å². The molecule has 1 fully saturated rings. The van der Waals surface area contributed by atoms with Crippen LogP contribution in [0.2, 0.25) is 0 Å². The van der Waals surface area contributed by atoms with E-state index in [2.05, 4.69) is 0 Å². The average Bonchev–Trinajstić information content (AvgIpc) is 3.12. The van der Waals surface area contributed by atoms with Gasteiger partial charge >= 0.3 is 0 Å². The number of hydrogen-bond acceptors (Lipinski definition) is 3. The second kappa shape index (κ2) is 7.11. The highest BCUT2D eigenvalue weighted by Crippen LogP contribution is 2.27. The van der Waals surface area contributed by atoms with Crippen molar-refractivity contribution in [3.05, 3.63) is 53.7 Å². The minimum atomic E-state index is -0.00309. The normalized spacial score (nSPS) is 14.5. The Kier molecular flexibility index (Phi) is 4.63. The van der Waals surface area contributed by atoms with Gasteiger partial charge in [-0.1, -0.05) is 11.6 Å². The summed E-state index contributed by atoms with van der Waals surface area (Å²) in [5, 5.41) is 0.872. The molecule has 0 radical (unpaired) electrons. The fourth-order valence-electron chi connectivity index (χ4n) is 3.77. The van der Waals surface area contributed by atoms with E-state index in [0.717, 1.165) is 27.9 Å². The lowest BCUT2D eigenvalue weighted by Gasteiger charge is -2.34. The van der Waals surface area contributed by atoms with E-state index in [0.29, 0.717) is 31.7 Å². The number of aryl methyl sites for hydroxylation is 2. The number of benzene rings is 1. The summed E-state index contributed by atoms with van der Waals surface area (Å²) in [6.45, 7) is 5.84.